The molecular weight excluding hydrogens is 462 g/mol. The fourth-order valence-electron chi connectivity index (χ4n) is 4.44. The molecular formula is C31H29N3OS. The topological polar surface area (TPSA) is 37.6 Å². The number of benzene rings is 3. The van der Waals surface area contributed by atoms with Crippen molar-refractivity contribution in [3.8, 4) is 5.69 Å². The van der Waals surface area contributed by atoms with Crippen molar-refractivity contribution >= 4 is 28.9 Å². The highest BCUT2D eigenvalue weighted by atomic mass is 32.2. The first-order chi connectivity index (χ1) is 17.5. The maximum Gasteiger partial charge on any atom is 0.267 e. The minimum atomic E-state index is -0.00389. The summed E-state index contributed by atoms with van der Waals surface area (Å²) in [5.74, 6) is -0.00389. The van der Waals surface area contributed by atoms with Gasteiger partial charge in [-0.15, -0.1) is 0 Å². The standard InChI is InChI=1S/C31H29N3OS/c1-22-14-16-28(17-15-22)34-23(2)18-27(24(34)3)19-29-30(35)33(21-26-12-8-5-9-13-26)31(36-29)32-20-25-10-6-4-7-11-25/h4-19H,20-21H2,1-3H3/b29-19-,32-31?. The third kappa shape index (κ3) is 5.07. The van der Waals surface area contributed by atoms with Gasteiger partial charge in [-0.3, -0.25) is 14.7 Å². The lowest BCUT2D eigenvalue weighted by molar-refractivity contribution is -0.122. The molecule has 0 radical (unpaired) electrons. The van der Waals surface area contributed by atoms with Crippen molar-refractivity contribution in [3.05, 3.63) is 130 Å². The summed E-state index contributed by atoms with van der Waals surface area (Å²) in [5, 5.41) is 0.742. The third-order valence-electron chi connectivity index (χ3n) is 6.36. The van der Waals surface area contributed by atoms with Crippen LogP contribution in [0.2, 0.25) is 0 Å². The van der Waals surface area contributed by atoms with Gasteiger partial charge in [0.15, 0.2) is 5.17 Å². The second-order valence-electron chi connectivity index (χ2n) is 9.07. The van der Waals surface area contributed by atoms with Crippen LogP contribution in [0.5, 0.6) is 0 Å². The van der Waals surface area contributed by atoms with E-state index < -0.39 is 0 Å². The molecule has 3 aromatic carbocycles. The van der Waals surface area contributed by atoms with Gasteiger partial charge in [-0.2, -0.15) is 0 Å². The minimum Gasteiger partial charge on any atom is -0.318 e. The molecule has 5 heteroatoms. The van der Waals surface area contributed by atoms with Crippen LogP contribution in [0.3, 0.4) is 0 Å². The van der Waals surface area contributed by atoms with Gasteiger partial charge in [0.25, 0.3) is 5.91 Å². The first-order valence-electron chi connectivity index (χ1n) is 12.1. The molecule has 4 nitrogen and oxygen atoms in total. The van der Waals surface area contributed by atoms with E-state index in [0.29, 0.717) is 18.0 Å². The fraction of sp³-hybridized carbons (Fsp3) is 0.161. The predicted octanol–water partition coefficient (Wildman–Crippen LogP) is 7.08. The third-order valence-corrected chi connectivity index (χ3v) is 7.40. The van der Waals surface area contributed by atoms with Crippen molar-refractivity contribution in [1.29, 1.82) is 0 Å². The zero-order chi connectivity index (χ0) is 25.1. The second-order valence-corrected chi connectivity index (χ2v) is 10.1. The molecule has 180 valence electrons. The highest BCUT2D eigenvalue weighted by Crippen LogP contribution is 2.35. The van der Waals surface area contributed by atoms with Crippen LogP contribution in [-0.2, 0) is 17.9 Å². The van der Waals surface area contributed by atoms with Crippen LogP contribution in [0, 0.1) is 20.8 Å². The van der Waals surface area contributed by atoms with E-state index in [9.17, 15) is 4.79 Å². The molecule has 2 heterocycles. The fourth-order valence-corrected chi connectivity index (χ4v) is 5.41. The highest BCUT2D eigenvalue weighted by Gasteiger charge is 2.33. The number of aliphatic imine (C=N–C) groups is 1. The maximum atomic E-state index is 13.6. The lowest BCUT2D eigenvalue weighted by Gasteiger charge is -2.15. The van der Waals surface area contributed by atoms with E-state index in [-0.39, 0.29) is 5.91 Å². The number of aromatic nitrogens is 1. The molecule has 1 amide bonds. The molecule has 36 heavy (non-hydrogen) atoms. The van der Waals surface area contributed by atoms with E-state index in [1.807, 2.05) is 54.6 Å². The number of amidine groups is 1. The summed E-state index contributed by atoms with van der Waals surface area (Å²) >= 11 is 1.46. The summed E-state index contributed by atoms with van der Waals surface area (Å²) in [7, 11) is 0. The zero-order valence-corrected chi connectivity index (χ0v) is 21.6. The van der Waals surface area contributed by atoms with Crippen molar-refractivity contribution in [2.75, 3.05) is 0 Å². The zero-order valence-electron chi connectivity index (χ0n) is 20.8. The van der Waals surface area contributed by atoms with Gasteiger partial charge in [0.2, 0.25) is 0 Å². The van der Waals surface area contributed by atoms with Gasteiger partial charge in [-0.1, -0.05) is 78.4 Å². The molecule has 1 aromatic heterocycles. The smallest absolute Gasteiger partial charge is 0.267 e. The van der Waals surface area contributed by atoms with Crippen molar-refractivity contribution < 1.29 is 4.79 Å². The Kier molecular flexibility index (Phi) is 6.92. The van der Waals surface area contributed by atoms with Crippen molar-refractivity contribution in [2.24, 2.45) is 4.99 Å². The lowest BCUT2D eigenvalue weighted by atomic mass is 10.2. The van der Waals surface area contributed by atoms with Crippen LogP contribution in [0.15, 0.2) is 101 Å². The molecule has 1 saturated heterocycles. The quantitative estimate of drug-likeness (QED) is 0.270. The van der Waals surface area contributed by atoms with E-state index in [0.717, 1.165) is 38.9 Å². The van der Waals surface area contributed by atoms with Gasteiger partial charge in [-0.05, 0) is 73.5 Å². The van der Waals surface area contributed by atoms with E-state index in [1.54, 1.807) is 4.90 Å². The number of amides is 1. The summed E-state index contributed by atoms with van der Waals surface area (Å²) in [5.41, 5.74) is 7.86. The molecule has 1 aliphatic rings. The average molecular weight is 492 g/mol. The summed E-state index contributed by atoms with van der Waals surface area (Å²) in [6.07, 6.45) is 2.02. The Morgan fingerprint density at radius 1 is 0.833 bits per heavy atom. The maximum absolute atomic E-state index is 13.6. The number of nitrogens with zero attached hydrogens (tertiary/aromatic N) is 3. The van der Waals surface area contributed by atoms with Gasteiger partial charge >= 0.3 is 0 Å². The van der Waals surface area contributed by atoms with Crippen LogP contribution < -0.4 is 0 Å². The van der Waals surface area contributed by atoms with Crippen LogP contribution in [0.4, 0.5) is 0 Å². The molecule has 4 aromatic rings. The highest BCUT2D eigenvalue weighted by molar-refractivity contribution is 8.18. The Morgan fingerprint density at radius 2 is 1.47 bits per heavy atom. The average Bonchev–Trinajstić information content (AvgIpc) is 3.34. The van der Waals surface area contributed by atoms with Gasteiger partial charge in [-0.25, -0.2) is 0 Å². The Labute approximate surface area is 217 Å². The predicted molar refractivity (Wildman–Crippen MR) is 150 cm³/mol. The van der Waals surface area contributed by atoms with Gasteiger partial charge < -0.3 is 4.57 Å². The molecule has 0 spiro atoms. The van der Waals surface area contributed by atoms with Crippen LogP contribution >= 0.6 is 11.8 Å². The monoisotopic (exact) mass is 491 g/mol. The van der Waals surface area contributed by atoms with Crippen molar-refractivity contribution in [2.45, 2.75) is 33.9 Å². The number of aryl methyl sites for hydroxylation is 2. The van der Waals surface area contributed by atoms with E-state index in [2.05, 4.69) is 67.8 Å². The first-order valence-corrected chi connectivity index (χ1v) is 12.9. The number of hydrogen-bond acceptors (Lipinski definition) is 3. The normalized spacial score (nSPS) is 15.9. The Morgan fingerprint density at radius 3 is 2.14 bits per heavy atom. The second kappa shape index (κ2) is 10.4. The lowest BCUT2D eigenvalue weighted by Crippen LogP contribution is -2.28. The molecule has 5 rings (SSSR count). The Hall–Kier alpha value is -3.83. The molecule has 0 N–H and O–H groups in total. The molecule has 0 unspecified atom stereocenters. The summed E-state index contributed by atoms with van der Waals surface area (Å²) < 4.78 is 2.24. The number of hydrogen-bond donors (Lipinski definition) is 0. The van der Waals surface area contributed by atoms with Gasteiger partial charge in [0.1, 0.15) is 0 Å². The number of carbonyl (C=O) groups is 1. The summed E-state index contributed by atoms with van der Waals surface area (Å²) in [6.45, 7) is 7.34. The molecule has 0 bridgehead atoms. The first kappa shape index (κ1) is 23.9. The van der Waals surface area contributed by atoms with Crippen LogP contribution in [-0.4, -0.2) is 20.5 Å². The minimum absolute atomic E-state index is 0.00389. The van der Waals surface area contributed by atoms with Crippen LogP contribution in [0.25, 0.3) is 11.8 Å². The number of thioether (sulfide) groups is 1. The van der Waals surface area contributed by atoms with Crippen molar-refractivity contribution in [1.82, 2.24) is 9.47 Å². The molecule has 0 aliphatic carbocycles. The van der Waals surface area contributed by atoms with E-state index in [1.165, 1.54) is 17.3 Å². The van der Waals surface area contributed by atoms with Crippen molar-refractivity contribution in [3.63, 3.8) is 0 Å². The largest absolute Gasteiger partial charge is 0.318 e. The molecule has 1 aliphatic heterocycles. The van der Waals surface area contributed by atoms with E-state index >= 15 is 0 Å². The van der Waals surface area contributed by atoms with E-state index in [4.69, 9.17) is 4.99 Å². The van der Waals surface area contributed by atoms with Gasteiger partial charge in [0.05, 0.1) is 18.0 Å². The number of rotatable bonds is 6. The molecule has 1 fully saturated rings. The molecule has 0 saturated carbocycles. The number of carbonyl (C=O) groups excluding carboxylic acids is 1. The summed E-state index contributed by atoms with van der Waals surface area (Å²) in [6, 6.07) is 30.9. The Balaban J connectivity index is 1.48. The van der Waals surface area contributed by atoms with Gasteiger partial charge in [0, 0.05) is 17.1 Å². The SMILES string of the molecule is Cc1ccc(-n2c(C)cc(/C=C3\SC(=NCc4ccccc4)N(Cc4ccccc4)C3=O)c2C)cc1. The molecule has 0 atom stereocenters. The van der Waals surface area contributed by atoms with Crippen LogP contribution in [0.1, 0.15) is 33.6 Å². The Bertz CT molecular complexity index is 1430. The summed E-state index contributed by atoms with van der Waals surface area (Å²) in [4.78, 5) is 20.9.